The van der Waals surface area contributed by atoms with E-state index in [2.05, 4.69) is 9.88 Å². The van der Waals surface area contributed by atoms with Crippen LogP contribution >= 0.6 is 0 Å². The molecule has 5 rings (SSSR count). The molecule has 1 aromatic carbocycles. The van der Waals surface area contributed by atoms with Crippen molar-refractivity contribution in [1.82, 2.24) is 14.5 Å². The summed E-state index contributed by atoms with van der Waals surface area (Å²) < 4.78 is 1.76. The molecule has 2 unspecified atom stereocenters. The van der Waals surface area contributed by atoms with E-state index < -0.39 is 11.5 Å². The van der Waals surface area contributed by atoms with Crippen LogP contribution < -0.4 is 5.56 Å². The first-order chi connectivity index (χ1) is 15.1. The third-order valence-electron chi connectivity index (χ3n) is 7.87. The van der Waals surface area contributed by atoms with Gasteiger partial charge in [-0.25, -0.2) is 9.78 Å². The summed E-state index contributed by atoms with van der Waals surface area (Å²) in [7, 11) is 0. The van der Waals surface area contributed by atoms with Crippen LogP contribution in [0.3, 0.4) is 0 Å². The monoisotopic (exact) mass is 423 g/mol. The van der Waals surface area contributed by atoms with Crippen LogP contribution in [0.15, 0.2) is 29.1 Å². The van der Waals surface area contributed by atoms with E-state index in [1.807, 2.05) is 18.2 Å². The third kappa shape index (κ3) is 3.91. The maximum Gasteiger partial charge on any atom is 0.360 e. The SMILES string of the molecule is O=C(O)c1nc2ccccc2n(C2CC3CCC(C2)N3C2CCCCCCCC2)c1=O. The molecule has 2 aromatic rings. The minimum Gasteiger partial charge on any atom is -0.476 e. The van der Waals surface area contributed by atoms with Crippen LogP contribution in [-0.2, 0) is 0 Å². The number of aromatic nitrogens is 2. The zero-order valence-electron chi connectivity index (χ0n) is 18.2. The molecule has 0 spiro atoms. The minimum absolute atomic E-state index is 0.0450. The second-order valence-electron chi connectivity index (χ2n) is 9.74. The number of hydrogen-bond acceptors (Lipinski definition) is 4. The lowest BCUT2D eigenvalue weighted by molar-refractivity contribution is 0.0521. The normalized spacial score (nSPS) is 28.2. The first-order valence-electron chi connectivity index (χ1n) is 12.2. The number of carboxylic acids is 1. The van der Waals surface area contributed by atoms with Crippen molar-refractivity contribution in [3.8, 4) is 0 Å². The highest BCUT2D eigenvalue weighted by molar-refractivity contribution is 5.88. The Kier molecular flexibility index (Phi) is 5.83. The number of carboxylic acid groups (broad SMARTS) is 1. The van der Waals surface area contributed by atoms with E-state index in [0.29, 0.717) is 23.6 Å². The first kappa shape index (κ1) is 20.7. The predicted molar refractivity (Wildman–Crippen MR) is 121 cm³/mol. The number of nitrogens with zero attached hydrogens (tertiary/aromatic N) is 3. The van der Waals surface area contributed by atoms with Crippen molar-refractivity contribution in [2.45, 2.75) is 101 Å². The quantitative estimate of drug-likeness (QED) is 0.770. The molecule has 31 heavy (non-hydrogen) atoms. The maximum atomic E-state index is 13.2. The lowest BCUT2D eigenvalue weighted by Crippen LogP contribution is -2.50. The number of fused-ring (bicyclic) bond motifs is 3. The fraction of sp³-hybridized carbons (Fsp3) is 0.640. The summed E-state index contributed by atoms with van der Waals surface area (Å²) in [5.74, 6) is -1.24. The molecule has 1 saturated carbocycles. The number of rotatable bonds is 3. The first-order valence-corrected chi connectivity index (χ1v) is 12.2. The molecular formula is C25H33N3O3. The molecule has 1 aromatic heterocycles. The molecule has 2 saturated heterocycles. The summed E-state index contributed by atoms with van der Waals surface area (Å²) in [6, 6.07) is 9.19. The van der Waals surface area contributed by atoms with E-state index >= 15 is 0 Å². The van der Waals surface area contributed by atoms with E-state index in [1.165, 1.54) is 64.2 Å². The molecule has 6 nitrogen and oxygen atoms in total. The summed E-state index contributed by atoms with van der Waals surface area (Å²) in [5, 5.41) is 9.56. The zero-order chi connectivity index (χ0) is 21.4. The molecule has 166 valence electrons. The Hall–Kier alpha value is -2.21. The van der Waals surface area contributed by atoms with Gasteiger partial charge in [-0.05, 0) is 50.7 Å². The van der Waals surface area contributed by atoms with Gasteiger partial charge in [0, 0.05) is 24.2 Å². The second-order valence-corrected chi connectivity index (χ2v) is 9.74. The lowest BCUT2D eigenvalue weighted by atomic mass is 9.91. The Morgan fingerprint density at radius 3 is 2.10 bits per heavy atom. The fourth-order valence-electron chi connectivity index (χ4n) is 6.56. The molecule has 3 heterocycles. The molecular weight excluding hydrogens is 390 g/mol. The average Bonchev–Trinajstić information content (AvgIpc) is 3.10. The van der Waals surface area contributed by atoms with E-state index in [9.17, 15) is 14.7 Å². The molecule has 0 amide bonds. The van der Waals surface area contributed by atoms with Gasteiger partial charge in [-0.1, -0.05) is 50.7 Å². The Morgan fingerprint density at radius 1 is 0.839 bits per heavy atom. The molecule has 2 atom stereocenters. The number of piperidine rings is 1. The highest BCUT2D eigenvalue weighted by Gasteiger charge is 2.44. The van der Waals surface area contributed by atoms with Crippen molar-refractivity contribution in [2.24, 2.45) is 0 Å². The topological polar surface area (TPSA) is 75.4 Å². The Labute approximate surface area is 183 Å². The van der Waals surface area contributed by atoms with Crippen LogP contribution in [0.1, 0.15) is 93.6 Å². The van der Waals surface area contributed by atoms with Crippen LogP contribution in [0.4, 0.5) is 0 Å². The Balaban J connectivity index is 1.46. The predicted octanol–water partition coefficient (Wildman–Crippen LogP) is 4.77. The highest BCUT2D eigenvalue weighted by Crippen LogP contribution is 2.44. The molecule has 1 N–H and O–H groups in total. The van der Waals surface area contributed by atoms with E-state index in [1.54, 1.807) is 10.6 Å². The molecule has 2 aliphatic heterocycles. The van der Waals surface area contributed by atoms with Crippen molar-refractivity contribution >= 4 is 17.0 Å². The molecule has 1 aliphatic carbocycles. The van der Waals surface area contributed by atoms with Crippen molar-refractivity contribution in [3.05, 3.63) is 40.3 Å². The van der Waals surface area contributed by atoms with Gasteiger partial charge >= 0.3 is 5.97 Å². The molecule has 0 radical (unpaired) electrons. The second kappa shape index (κ2) is 8.73. The molecule has 6 heteroatoms. The van der Waals surface area contributed by atoms with Gasteiger partial charge in [0.15, 0.2) is 0 Å². The summed E-state index contributed by atoms with van der Waals surface area (Å²) in [5.41, 5.74) is 0.541. The highest BCUT2D eigenvalue weighted by atomic mass is 16.4. The number of benzene rings is 1. The van der Waals surface area contributed by atoms with Gasteiger partial charge in [-0.3, -0.25) is 9.69 Å². The van der Waals surface area contributed by atoms with E-state index in [-0.39, 0.29) is 11.7 Å². The third-order valence-corrected chi connectivity index (χ3v) is 7.87. The van der Waals surface area contributed by atoms with E-state index in [0.717, 1.165) is 18.4 Å². The minimum atomic E-state index is -1.24. The Bertz CT molecular complexity index is 993. The summed E-state index contributed by atoms with van der Waals surface area (Å²) in [6.07, 6.45) is 15.0. The number of para-hydroxylation sites is 2. The molecule has 2 bridgehead atoms. The number of hydrogen-bond donors (Lipinski definition) is 1. The van der Waals surface area contributed by atoms with Crippen molar-refractivity contribution in [1.29, 1.82) is 0 Å². The van der Waals surface area contributed by atoms with Crippen molar-refractivity contribution in [2.75, 3.05) is 0 Å². The van der Waals surface area contributed by atoms with Gasteiger partial charge in [0.2, 0.25) is 5.69 Å². The Morgan fingerprint density at radius 2 is 1.45 bits per heavy atom. The summed E-state index contributed by atoms with van der Waals surface area (Å²) in [6.45, 7) is 0. The maximum absolute atomic E-state index is 13.2. The van der Waals surface area contributed by atoms with Crippen LogP contribution in [0.25, 0.3) is 11.0 Å². The summed E-state index contributed by atoms with van der Waals surface area (Å²) in [4.78, 5) is 31.8. The van der Waals surface area contributed by atoms with Gasteiger partial charge in [-0.15, -0.1) is 0 Å². The van der Waals surface area contributed by atoms with Gasteiger partial charge < -0.3 is 9.67 Å². The smallest absolute Gasteiger partial charge is 0.360 e. The zero-order valence-corrected chi connectivity index (χ0v) is 18.2. The van der Waals surface area contributed by atoms with Gasteiger partial charge in [0.05, 0.1) is 11.0 Å². The lowest BCUT2D eigenvalue weighted by Gasteiger charge is -2.44. The molecule has 3 fully saturated rings. The number of aromatic carboxylic acids is 1. The summed E-state index contributed by atoms with van der Waals surface area (Å²) >= 11 is 0. The van der Waals surface area contributed by atoms with E-state index in [4.69, 9.17) is 0 Å². The average molecular weight is 424 g/mol. The van der Waals surface area contributed by atoms with Gasteiger partial charge in [-0.2, -0.15) is 0 Å². The van der Waals surface area contributed by atoms with Crippen LogP contribution in [0.2, 0.25) is 0 Å². The van der Waals surface area contributed by atoms with Crippen LogP contribution in [0, 0.1) is 0 Å². The van der Waals surface area contributed by atoms with Gasteiger partial charge in [0.25, 0.3) is 5.56 Å². The van der Waals surface area contributed by atoms with Crippen LogP contribution in [0.5, 0.6) is 0 Å². The molecule has 3 aliphatic rings. The largest absolute Gasteiger partial charge is 0.476 e. The fourth-order valence-corrected chi connectivity index (χ4v) is 6.56. The van der Waals surface area contributed by atoms with Gasteiger partial charge in [0.1, 0.15) is 0 Å². The standard InChI is InChI=1S/C25H33N3O3/c29-24-23(25(30)31)26-21-11-7-8-12-22(21)28(24)20-15-18-13-14-19(16-20)27(18)17-9-5-3-1-2-4-6-10-17/h7-8,11-12,17-20H,1-6,9-10,13-16H2,(H,30,31). The van der Waals surface area contributed by atoms with Crippen LogP contribution in [-0.4, -0.2) is 43.7 Å². The van der Waals surface area contributed by atoms with Crippen molar-refractivity contribution < 1.29 is 9.90 Å². The number of carbonyl (C=O) groups is 1. The van der Waals surface area contributed by atoms with Crippen molar-refractivity contribution in [3.63, 3.8) is 0 Å².